The minimum Gasteiger partial charge on any atom is -0.352 e. The van der Waals surface area contributed by atoms with E-state index in [9.17, 15) is 9.59 Å². The van der Waals surface area contributed by atoms with Gasteiger partial charge in [-0.2, -0.15) is 0 Å². The third-order valence-corrected chi connectivity index (χ3v) is 6.31. The third kappa shape index (κ3) is 7.05. The van der Waals surface area contributed by atoms with Gasteiger partial charge in [-0.05, 0) is 49.4 Å². The zero-order chi connectivity index (χ0) is 24.5. The maximum Gasteiger partial charge on any atom is 0.243 e. The molecule has 1 N–H and O–H groups in total. The van der Waals surface area contributed by atoms with Gasteiger partial charge in [0.1, 0.15) is 6.04 Å². The molecule has 0 fully saturated rings. The van der Waals surface area contributed by atoms with Crippen molar-refractivity contribution >= 4 is 11.8 Å². The van der Waals surface area contributed by atoms with E-state index in [1.54, 1.807) is 4.90 Å². The van der Waals surface area contributed by atoms with Crippen LogP contribution in [0.15, 0.2) is 78.9 Å². The Bertz CT molecular complexity index is 1090. The molecule has 178 valence electrons. The predicted octanol–water partition coefficient (Wildman–Crippen LogP) is 5.40. The third-order valence-electron chi connectivity index (χ3n) is 6.31. The normalized spacial score (nSPS) is 12.6. The van der Waals surface area contributed by atoms with Gasteiger partial charge in [-0.25, -0.2) is 0 Å². The second-order valence-electron chi connectivity index (χ2n) is 9.14. The number of rotatable bonds is 10. The second-order valence-corrected chi connectivity index (χ2v) is 9.14. The number of carbonyl (C=O) groups is 2. The average molecular weight is 457 g/mol. The minimum absolute atomic E-state index is 0.0399. The molecule has 0 heterocycles. The topological polar surface area (TPSA) is 49.4 Å². The highest BCUT2D eigenvalue weighted by Crippen LogP contribution is 2.18. The summed E-state index contributed by atoms with van der Waals surface area (Å²) in [5, 5.41) is 3.12. The highest BCUT2D eigenvalue weighted by atomic mass is 16.2. The zero-order valence-corrected chi connectivity index (χ0v) is 20.8. The number of amides is 2. The molecule has 0 saturated heterocycles. The summed E-state index contributed by atoms with van der Waals surface area (Å²) in [6.45, 7) is 8.49. The van der Waals surface area contributed by atoms with Gasteiger partial charge >= 0.3 is 0 Å². The summed E-state index contributed by atoms with van der Waals surface area (Å²) in [6, 6.07) is 25.5. The van der Waals surface area contributed by atoms with Gasteiger partial charge in [-0.3, -0.25) is 9.59 Å². The van der Waals surface area contributed by atoms with E-state index in [4.69, 9.17) is 0 Å². The first-order chi connectivity index (χ1) is 16.4. The van der Waals surface area contributed by atoms with E-state index in [1.165, 1.54) is 0 Å². The smallest absolute Gasteiger partial charge is 0.243 e. The number of aryl methyl sites for hydroxylation is 2. The lowest BCUT2D eigenvalue weighted by atomic mass is 9.99. The Balaban J connectivity index is 1.98. The fourth-order valence-corrected chi connectivity index (χ4v) is 4.08. The molecular weight excluding hydrogens is 420 g/mol. The van der Waals surface area contributed by atoms with Crippen LogP contribution in [0.3, 0.4) is 0 Å². The van der Waals surface area contributed by atoms with E-state index >= 15 is 0 Å². The van der Waals surface area contributed by atoms with Crippen LogP contribution in [0, 0.1) is 13.8 Å². The van der Waals surface area contributed by atoms with Crippen molar-refractivity contribution in [3.05, 3.63) is 107 Å². The van der Waals surface area contributed by atoms with Crippen molar-refractivity contribution in [1.29, 1.82) is 0 Å². The molecule has 0 bridgehead atoms. The van der Waals surface area contributed by atoms with Gasteiger partial charge in [0.25, 0.3) is 0 Å². The summed E-state index contributed by atoms with van der Waals surface area (Å²) in [5.41, 5.74) is 5.25. The van der Waals surface area contributed by atoms with Gasteiger partial charge in [0, 0.05) is 19.0 Å². The largest absolute Gasteiger partial charge is 0.352 e. The van der Waals surface area contributed by atoms with Crippen molar-refractivity contribution in [3.8, 4) is 0 Å². The molecule has 0 unspecified atom stereocenters. The molecule has 2 atom stereocenters. The lowest BCUT2D eigenvalue weighted by Gasteiger charge is -2.32. The van der Waals surface area contributed by atoms with Gasteiger partial charge in [-0.15, -0.1) is 0 Å². The molecular formula is C30H36N2O2. The van der Waals surface area contributed by atoms with Crippen molar-refractivity contribution in [2.45, 2.75) is 65.6 Å². The number of nitrogens with zero attached hydrogens (tertiary/aromatic N) is 1. The quantitative estimate of drug-likeness (QED) is 0.444. The molecule has 3 aromatic carbocycles. The van der Waals surface area contributed by atoms with E-state index < -0.39 is 6.04 Å². The maximum absolute atomic E-state index is 13.8. The Hall–Kier alpha value is -3.40. The second kappa shape index (κ2) is 12.2. The molecule has 0 aliphatic rings. The SMILES string of the molecule is CC[C@@H](C)NC(=O)[C@@H](Cc1ccccc1)N(Cc1cccc(C)c1)C(=O)Cc1ccccc1C. The molecule has 0 radical (unpaired) electrons. The molecule has 2 amide bonds. The van der Waals surface area contributed by atoms with Crippen LogP contribution < -0.4 is 5.32 Å². The first-order valence-electron chi connectivity index (χ1n) is 12.1. The lowest BCUT2D eigenvalue weighted by molar-refractivity contribution is -0.141. The van der Waals surface area contributed by atoms with Gasteiger partial charge in [0.15, 0.2) is 0 Å². The van der Waals surface area contributed by atoms with Crippen LogP contribution in [0.1, 0.15) is 48.1 Å². The molecule has 4 heteroatoms. The zero-order valence-electron chi connectivity index (χ0n) is 20.8. The summed E-state index contributed by atoms with van der Waals surface area (Å²) >= 11 is 0. The first-order valence-corrected chi connectivity index (χ1v) is 12.1. The summed E-state index contributed by atoms with van der Waals surface area (Å²) in [7, 11) is 0. The Morgan fingerprint density at radius 2 is 1.56 bits per heavy atom. The van der Waals surface area contributed by atoms with Crippen molar-refractivity contribution in [1.82, 2.24) is 10.2 Å². The summed E-state index contributed by atoms with van der Waals surface area (Å²) in [6.07, 6.45) is 1.56. The Labute approximate surface area is 204 Å². The van der Waals surface area contributed by atoms with Crippen LogP contribution >= 0.6 is 0 Å². The minimum atomic E-state index is -0.603. The average Bonchev–Trinajstić information content (AvgIpc) is 2.83. The molecule has 0 aliphatic heterocycles. The highest BCUT2D eigenvalue weighted by Gasteiger charge is 2.31. The monoisotopic (exact) mass is 456 g/mol. The number of carbonyl (C=O) groups excluding carboxylic acids is 2. The van der Waals surface area contributed by atoms with Crippen LogP contribution in [-0.2, 0) is 29.0 Å². The first kappa shape index (κ1) is 25.2. The lowest BCUT2D eigenvalue weighted by Crippen LogP contribution is -2.52. The predicted molar refractivity (Wildman–Crippen MR) is 138 cm³/mol. The highest BCUT2D eigenvalue weighted by molar-refractivity contribution is 5.89. The Morgan fingerprint density at radius 3 is 2.24 bits per heavy atom. The molecule has 0 aromatic heterocycles. The van der Waals surface area contributed by atoms with Gasteiger partial charge in [0.05, 0.1) is 6.42 Å². The molecule has 3 rings (SSSR count). The van der Waals surface area contributed by atoms with E-state index in [0.717, 1.165) is 34.2 Å². The van der Waals surface area contributed by atoms with Gasteiger partial charge in [-0.1, -0.05) is 91.3 Å². The fraction of sp³-hybridized carbons (Fsp3) is 0.333. The maximum atomic E-state index is 13.8. The van der Waals surface area contributed by atoms with Crippen molar-refractivity contribution in [2.24, 2.45) is 0 Å². The van der Waals surface area contributed by atoms with Crippen molar-refractivity contribution in [3.63, 3.8) is 0 Å². The summed E-state index contributed by atoms with van der Waals surface area (Å²) in [4.78, 5) is 29.1. The molecule has 4 nitrogen and oxygen atoms in total. The molecule has 0 spiro atoms. The molecule has 34 heavy (non-hydrogen) atoms. The van der Waals surface area contributed by atoms with Crippen molar-refractivity contribution in [2.75, 3.05) is 0 Å². The van der Waals surface area contributed by atoms with Crippen LogP contribution in [0.25, 0.3) is 0 Å². The van der Waals surface area contributed by atoms with Crippen LogP contribution in [0.5, 0.6) is 0 Å². The van der Waals surface area contributed by atoms with Crippen LogP contribution in [-0.4, -0.2) is 28.8 Å². The van der Waals surface area contributed by atoms with Crippen LogP contribution in [0.2, 0.25) is 0 Å². The van der Waals surface area contributed by atoms with E-state index in [1.807, 2.05) is 100 Å². The molecule has 3 aromatic rings. The van der Waals surface area contributed by atoms with Gasteiger partial charge in [0.2, 0.25) is 11.8 Å². The summed E-state index contributed by atoms with van der Waals surface area (Å²) < 4.78 is 0. The number of nitrogens with one attached hydrogen (secondary N) is 1. The Kier molecular flexibility index (Phi) is 9.03. The van der Waals surface area contributed by atoms with E-state index in [-0.39, 0.29) is 24.3 Å². The molecule has 0 aliphatic carbocycles. The number of hydrogen-bond acceptors (Lipinski definition) is 2. The van der Waals surface area contributed by atoms with E-state index in [0.29, 0.717) is 13.0 Å². The summed E-state index contributed by atoms with van der Waals surface area (Å²) in [5.74, 6) is -0.153. The van der Waals surface area contributed by atoms with E-state index in [2.05, 4.69) is 11.4 Å². The molecule has 0 saturated carbocycles. The van der Waals surface area contributed by atoms with Crippen molar-refractivity contribution < 1.29 is 9.59 Å². The Morgan fingerprint density at radius 1 is 0.882 bits per heavy atom. The fourth-order valence-electron chi connectivity index (χ4n) is 4.08. The number of benzene rings is 3. The van der Waals surface area contributed by atoms with Gasteiger partial charge < -0.3 is 10.2 Å². The standard InChI is InChI=1S/C30H36N2O2/c1-5-24(4)31-30(34)28(19-25-14-7-6-8-15-25)32(21-26-16-11-12-22(2)18-26)29(33)20-27-17-10-9-13-23(27)3/h6-18,24,28H,5,19-21H2,1-4H3,(H,31,34)/t24-,28-/m1/s1. The van der Waals surface area contributed by atoms with Crippen LogP contribution in [0.4, 0.5) is 0 Å². The number of hydrogen-bond donors (Lipinski definition) is 1.